The highest BCUT2D eigenvalue weighted by atomic mass is 16.1. The minimum atomic E-state index is -0.0818. The van der Waals surface area contributed by atoms with Crippen molar-refractivity contribution in [1.29, 1.82) is 0 Å². The average Bonchev–Trinajstić information content (AvgIpc) is 2.80. The number of rotatable bonds is 6. The Labute approximate surface area is 103 Å². The van der Waals surface area contributed by atoms with Gasteiger partial charge < -0.3 is 16.0 Å². The molecule has 0 spiro atoms. The Hall–Kier alpha value is -1.29. The van der Waals surface area contributed by atoms with Crippen molar-refractivity contribution in [3.63, 3.8) is 0 Å². The maximum atomic E-state index is 11.8. The molecule has 0 aliphatic rings. The first kappa shape index (κ1) is 13.8. The van der Waals surface area contributed by atoms with Gasteiger partial charge in [-0.1, -0.05) is 20.8 Å². The van der Waals surface area contributed by atoms with Crippen LogP contribution in [0.2, 0.25) is 0 Å². The zero-order valence-corrected chi connectivity index (χ0v) is 10.9. The molecule has 1 unspecified atom stereocenters. The predicted octanol–water partition coefficient (Wildman–Crippen LogP) is 1.39. The molecule has 0 aliphatic heterocycles. The third-order valence-corrected chi connectivity index (χ3v) is 3.08. The summed E-state index contributed by atoms with van der Waals surface area (Å²) in [6.07, 6.45) is 2.63. The Bertz CT molecular complexity index is 344. The number of hydrogen-bond acceptors (Lipinski definition) is 2. The second kappa shape index (κ2) is 5.87. The summed E-state index contributed by atoms with van der Waals surface area (Å²) in [5.74, 6) is 0.0644. The molecule has 0 bridgehead atoms. The van der Waals surface area contributed by atoms with E-state index in [1.165, 1.54) is 0 Å². The molecule has 1 atom stereocenters. The molecule has 1 rings (SSSR count). The van der Waals surface area contributed by atoms with E-state index >= 15 is 0 Å². The molecule has 0 aromatic carbocycles. The average molecular weight is 237 g/mol. The summed E-state index contributed by atoms with van der Waals surface area (Å²) in [6, 6.07) is 4.01. The second-order valence-corrected chi connectivity index (χ2v) is 5.16. The van der Waals surface area contributed by atoms with E-state index in [1.54, 1.807) is 0 Å². The van der Waals surface area contributed by atoms with Crippen molar-refractivity contribution < 1.29 is 4.79 Å². The first-order valence-corrected chi connectivity index (χ1v) is 6.09. The summed E-state index contributed by atoms with van der Waals surface area (Å²) in [4.78, 5) is 15.0. The zero-order chi connectivity index (χ0) is 12.9. The first-order chi connectivity index (χ1) is 7.97. The lowest BCUT2D eigenvalue weighted by Crippen LogP contribution is -2.39. The molecule has 4 nitrogen and oxygen atoms in total. The van der Waals surface area contributed by atoms with Crippen LogP contribution in [0.25, 0.3) is 0 Å². The van der Waals surface area contributed by atoms with Crippen LogP contribution in [-0.4, -0.2) is 24.0 Å². The number of carbonyl (C=O) groups excluding carboxylic acids is 1. The molecule has 0 fully saturated rings. The number of nitrogens with one attached hydrogen (secondary N) is 2. The smallest absolute Gasteiger partial charge is 0.222 e. The Morgan fingerprint density at radius 2 is 2.29 bits per heavy atom. The summed E-state index contributed by atoms with van der Waals surface area (Å²) in [5.41, 5.74) is 6.49. The highest BCUT2D eigenvalue weighted by molar-refractivity contribution is 5.78. The number of hydrogen-bond donors (Lipinski definition) is 3. The van der Waals surface area contributed by atoms with Gasteiger partial charge in [-0.25, -0.2) is 0 Å². The lowest BCUT2D eigenvalue weighted by Gasteiger charge is -2.24. The van der Waals surface area contributed by atoms with Crippen LogP contribution in [0.5, 0.6) is 0 Å². The third kappa shape index (κ3) is 3.89. The minimum absolute atomic E-state index is 0.0144. The monoisotopic (exact) mass is 237 g/mol. The van der Waals surface area contributed by atoms with E-state index in [0.717, 1.165) is 12.1 Å². The Balaban J connectivity index is 2.47. The van der Waals surface area contributed by atoms with Gasteiger partial charge in [-0.2, -0.15) is 0 Å². The molecular formula is C13H23N3O. The van der Waals surface area contributed by atoms with Gasteiger partial charge in [-0.05, 0) is 25.1 Å². The van der Waals surface area contributed by atoms with Crippen LogP contribution in [0.1, 0.15) is 32.9 Å². The predicted molar refractivity (Wildman–Crippen MR) is 69.7 cm³/mol. The quantitative estimate of drug-likeness (QED) is 0.699. The van der Waals surface area contributed by atoms with Crippen LogP contribution in [0.15, 0.2) is 18.3 Å². The van der Waals surface area contributed by atoms with Gasteiger partial charge in [0.25, 0.3) is 0 Å². The van der Waals surface area contributed by atoms with Crippen LogP contribution in [0.4, 0.5) is 0 Å². The molecule has 0 radical (unpaired) electrons. The molecule has 4 heteroatoms. The summed E-state index contributed by atoms with van der Waals surface area (Å²) >= 11 is 0. The van der Waals surface area contributed by atoms with Crippen molar-refractivity contribution in [1.82, 2.24) is 10.3 Å². The lowest BCUT2D eigenvalue weighted by atomic mass is 9.89. The maximum Gasteiger partial charge on any atom is 0.222 e. The SMILES string of the molecule is CC(CCN)C(=O)NCC(C)(C)c1ccc[nH]1. The standard InChI is InChI=1S/C13H23N3O/c1-10(6-7-14)12(17)16-9-13(2,3)11-5-4-8-15-11/h4-5,8,10,15H,6-7,9,14H2,1-3H3,(H,16,17). The molecule has 0 saturated heterocycles. The Morgan fingerprint density at radius 1 is 1.59 bits per heavy atom. The largest absolute Gasteiger partial charge is 0.364 e. The molecule has 1 aromatic rings. The van der Waals surface area contributed by atoms with E-state index in [2.05, 4.69) is 24.1 Å². The van der Waals surface area contributed by atoms with Crippen LogP contribution < -0.4 is 11.1 Å². The molecule has 4 N–H and O–H groups in total. The summed E-state index contributed by atoms with van der Waals surface area (Å²) in [7, 11) is 0. The summed E-state index contributed by atoms with van der Waals surface area (Å²) < 4.78 is 0. The lowest BCUT2D eigenvalue weighted by molar-refractivity contribution is -0.124. The van der Waals surface area contributed by atoms with Gasteiger partial charge in [-0.3, -0.25) is 4.79 Å². The Morgan fingerprint density at radius 3 is 2.82 bits per heavy atom. The van der Waals surface area contributed by atoms with Gasteiger partial charge in [0, 0.05) is 29.8 Å². The van der Waals surface area contributed by atoms with Gasteiger partial charge in [-0.15, -0.1) is 0 Å². The number of H-pyrrole nitrogens is 1. The van der Waals surface area contributed by atoms with E-state index in [1.807, 2.05) is 25.3 Å². The zero-order valence-electron chi connectivity index (χ0n) is 10.9. The fourth-order valence-electron chi connectivity index (χ4n) is 1.71. The summed E-state index contributed by atoms with van der Waals surface area (Å²) in [6.45, 7) is 7.29. The highest BCUT2D eigenvalue weighted by Crippen LogP contribution is 2.20. The fraction of sp³-hybridized carbons (Fsp3) is 0.615. The number of carbonyl (C=O) groups is 1. The van der Waals surface area contributed by atoms with E-state index < -0.39 is 0 Å². The van der Waals surface area contributed by atoms with Crippen LogP contribution in [-0.2, 0) is 10.2 Å². The van der Waals surface area contributed by atoms with Crippen LogP contribution >= 0.6 is 0 Å². The van der Waals surface area contributed by atoms with Crippen molar-refractivity contribution in [3.8, 4) is 0 Å². The summed E-state index contributed by atoms with van der Waals surface area (Å²) in [5, 5.41) is 2.98. The molecule has 1 amide bonds. The maximum absolute atomic E-state index is 11.8. The molecule has 17 heavy (non-hydrogen) atoms. The van der Waals surface area contributed by atoms with Crippen molar-refractivity contribution in [2.24, 2.45) is 11.7 Å². The van der Waals surface area contributed by atoms with Crippen LogP contribution in [0, 0.1) is 5.92 Å². The fourth-order valence-corrected chi connectivity index (χ4v) is 1.71. The van der Waals surface area contributed by atoms with Gasteiger partial charge in [0.2, 0.25) is 5.91 Å². The highest BCUT2D eigenvalue weighted by Gasteiger charge is 2.23. The molecule has 0 aliphatic carbocycles. The number of aromatic amines is 1. The van der Waals surface area contributed by atoms with Crippen molar-refractivity contribution in [3.05, 3.63) is 24.0 Å². The molecule has 96 valence electrons. The molecule has 1 aromatic heterocycles. The van der Waals surface area contributed by atoms with E-state index in [9.17, 15) is 4.79 Å². The van der Waals surface area contributed by atoms with E-state index in [4.69, 9.17) is 5.73 Å². The topological polar surface area (TPSA) is 70.9 Å². The van der Waals surface area contributed by atoms with E-state index in [-0.39, 0.29) is 17.2 Å². The van der Waals surface area contributed by atoms with Crippen molar-refractivity contribution in [2.75, 3.05) is 13.1 Å². The normalized spacial score (nSPS) is 13.4. The first-order valence-electron chi connectivity index (χ1n) is 6.09. The second-order valence-electron chi connectivity index (χ2n) is 5.16. The van der Waals surface area contributed by atoms with Gasteiger partial charge >= 0.3 is 0 Å². The van der Waals surface area contributed by atoms with Gasteiger partial charge in [0.15, 0.2) is 0 Å². The number of nitrogens with two attached hydrogens (primary N) is 1. The van der Waals surface area contributed by atoms with Gasteiger partial charge in [0.1, 0.15) is 0 Å². The van der Waals surface area contributed by atoms with Gasteiger partial charge in [0.05, 0.1) is 0 Å². The van der Waals surface area contributed by atoms with E-state index in [0.29, 0.717) is 13.1 Å². The third-order valence-electron chi connectivity index (χ3n) is 3.08. The number of aromatic nitrogens is 1. The molecular weight excluding hydrogens is 214 g/mol. The molecule has 1 heterocycles. The van der Waals surface area contributed by atoms with Crippen molar-refractivity contribution in [2.45, 2.75) is 32.6 Å². The van der Waals surface area contributed by atoms with Crippen molar-refractivity contribution >= 4 is 5.91 Å². The molecule has 0 saturated carbocycles. The Kier molecular flexibility index (Phi) is 4.75. The number of amides is 1. The van der Waals surface area contributed by atoms with Crippen LogP contribution in [0.3, 0.4) is 0 Å². The minimum Gasteiger partial charge on any atom is -0.364 e.